The first-order valence-electron chi connectivity index (χ1n) is 15.7. The van der Waals surface area contributed by atoms with E-state index in [-0.39, 0.29) is 30.9 Å². The van der Waals surface area contributed by atoms with Crippen molar-refractivity contribution in [2.75, 3.05) is 25.4 Å². The van der Waals surface area contributed by atoms with Gasteiger partial charge in [-0.1, -0.05) is 72.8 Å². The number of aryl methyl sites for hydroxylation is 1. The number of fused-ring (bicyclic) bond motifs is 1. The van der Waals surface area contributed by atoms with Crippen LogP contribution in [-0.4, -0.2) is 72.5 Å². The van der Waals surface area contributed by atoms with Gasteiger partial charge in [0.1, 0.15) is 12.6 Å². The molecule has 4 atom stereocenters. The van der Waals surface area contributed by atoms with E-state index in [9.17, 15) is 19.2 Å². The van der Waals surface area contributed by atoms with Gasteiger partial charge in [0, 0.05) is 24.5 Å². The van der Waals surface area contributed by atoms with Crippen molar-refractivity contribution in [1.29, 1.82) is 0 Å². The molecule has 3 aromatic rings. The van der Waals surface area contributed by atoms with Gasteiger partial charge in [0.05, 0.1) is 18.1 Å². The molecular formula is C36H44N2O7S. The van der Waals surface area contributed by atoms with E-state index in [1.54, 1.807) is 39.5 Å². The highest BCUT2D eigenvalue weighted by atomic mass is 32.2. The van der Waals surface area contributed by atoms with Crippen LogP contribution in [0.1, 0.15) is 57.4 Å². The topological polar surface area (TPSA) is 111 Å². The molecule has 0 bridgehead atoms. The van der Waals surface area contributed by atoms with Crippen molar-refractivity contribution in [1.82, 2.24) is 10.2 Å². The van der Waals surface area contributed by atoms with E-state index in [0.717, 1.165) is 21.9 Å². The van der Waals surface area contributed by atoms with Crippen LogP contribution in [0.15, 0.2) is 72.8 Å². The maximum atomic E-state index is 14.1. The molecule has 0 aliphatic carbocycles. The molecule has 1 amide bonds. The zero-order valence-corrected chi connectivity index (χ0v) is 28.0. The molecule has 1 fully saturated rings. The fourth-order valence-corrected chi connectivity index (χ4v) is 6.60. The van der Waals surface area contributed by atoms with Crippen LogP contribution < -0.4 is 5.32 Å². The summed E-state index contributed by atoms with van der Waals surface area (Å²) in [6, 6.07) is 22.5. The normalized spacial score (nSPS) is 18.4. The van der Waals surface area contributed by atoms with Crippen molar-refractivity contribution in [3.05, 3.63) is 83.9 Å². The van der Waals surface area contributed by atoms with Crippen LogP contribution in [0, 0.1) is 5.41 Å². The summed E-state index contributed by atoms with van der Waals surface area (Å²) in [6.07, 6.45) is -0.0711. The molecule has 4 rings (SSSR count). The number of hydrogen-bond acceptors (Lipinski definition) is 9. The molecule has 1 aliphatic heterocycles. The number of rotatable bonds is 12. The first-order valence-corrected chi connectivity index (χ1v) is 16.8. The summed E-state index contributed by atoms with van der Waals surface area (Å²) in [4.78, 5) is 54.1. The average molecular weight is 649 g/mol. The number of carbonyl (C=O) groups is 4. The first-order chi connectivity index (χ1) is 22.0. The van der Waals surface area contributed by atoms with Crippen LogP contribution in [0.5, 0.6) is 0 Å². The number of ether oxygens (including phenoxy) is 3. The van der Waals surface area contributed by atoms with E-state index in [0.29, 0.717) is 18.6 Å². The number of esters is 3. The molecule has 10 heteroatoms. The summed E-state index contributed by atoms with van der Waals surface area (Å²) >= 11 is 1.60. The largest absolute Gasteiger partial charge is 0.465 e. The number of hydrogen-bond donors (Lipinski definition) is 1. The Morgan fingerprint density at radius 3 is 2.39 bits per heavy atom. The number of nitrogens with one attached hydrogen (secondary N) is 1. The molecule has 246 valence electrons. The minimum absolute atomic E-state index is 0.156. The third-order valence-electron chi connectivity index (χ3n) is 7.67. The number of benzene rings is 3. The second-order valence-electron chi connectivity index (χ2n) is 12.4. The average Bonchev–Trinajstić information content (AvgIpc) is 3.17. The van der Waals surface area contributed by atoms with Gasteiger partial charge < -0.3 is 19.1 Å². The van der Waals surface area contributed by atoms with E-state index in [1.807, 2.05) is 66.7 Å². The molecule has 46 heavy (non-hydrogen) atoms. The number of thioether (sulfide) groups is 1. The Bertz CT molecular complexity index is 1500. The summed E-state index contributed by atoms with van der Waals surface area (Å²) in [7, 11) is 0. The van der Waals surface area contributed by atoms with Gasteiger partial charge in [-0.25, -0.2) is 0 Å². The summed E-state index contributed by atoms with van der Waals surface area (Å²) in [6.45, 7) is 8.47. The molecule has 0 spiro atoms. The van der Waals surface area contributed by atoms with Crippen LogP contribution >= 0.6 is 11.8 Å². The van der Waals surface area contributed by atoms with Gasteiger partial charge in [-0.05, 0) is 62.4 Å². The zero-order chi connectivity index (χ0) is 33.3. The van der Waals surface area contributed by atoms with Gasteiger partial charge >= 0.3 is 17.9 Å². The van der Waals surface area contributed by atoms with Gasteiger partial charge in [-0.15, -0.1) is 11.8 Å². The monoisotopic (exact) mass is 648 g/mol. The molecule has 1 N–H and O–H groups in total. The van der Waals surface area contributed by atoms with Gasteiger partial charge in [0.2, 0.25) is 12.2 Å². The highest BCUT2D eigenvalue weighted by molar-refractivity contribution is 7.99. The van der Waals surface area contributed by atoms with Gasteiger partial charge in [0.15, 0.2) is 0 Å². The second kappa shape index (κ2) is 16.1. The highest BCUT2D eigenvalue weighted by Crippen LogP contribution is 2.37. The number of carbonyl (C=O) groups excluding carboxylic acids is 4. The predicted molar refractivity (Wildman–Crippen MR) is 179 cm³/mol. The number of amides is 1. The van der Waals surface area contributed by atoms with Crippen molar-refractivity contribution in [2.45, 2.75) is 71.1 Å². The summed E-state index contributed by atoms with van der Waals surface area (Å²) < 4.78 is 16.1. The minimum Gasteiger partial charge on any atom is -0.465 e. The Kier molecular flexibility index (Phi) is 12.2. The van der Waals surface area contributed by atoms with E-state index < -0.39 is 41.7 Å². The lowest BCUT2D eigenvalue weighted by Crippen LogP contribution is -2.54. The van der Waals surface area contributed by atoms with Crippen LogP contribution in [0.3, 0.4) is 0 Å². The van der Waals surface area contributed by atoms with Gasteiger partial charge in [0.25, 0.3) is 0 Å². The molecule has 1 aliphatic rings. The molecular weight excluding hydrogens is 604 g/mol. The van der Waals surface area contributed by atoms with Gasteiger partial charge in [-0.2, -0.15) is 0 Å². The van der Waals surface area contributed by atoms with Crippen LogP contribution in [-0.2, 0) is 39.8 Å². The maximum Gasteiger partial charge on any atom is 0.328 e. The van der Waals surface area contributed by atoms with E-state index in [4.69, 9.17) is 14.2 Å². The van der Waals surface area contributed by atoms with Crippen molar-refractivity contribution in [2.24, 2.45) is 5.41 Å². The highest BCUT2D eigenvalue weighted by Gasteiger charge is 2.37. The van der Waals surface area contributed by atoms with E-state index >= 15 is 0 Å². The van der Waals surface area contributed by atoms with Gasteiger partial charge in [-0.3, -0.25) is 24.5 Å². The Labute approximate surface area is 275 Å². The second-order valence-corrected chi connectivity index (χ2v) is 13.6. The molecule has 4 unspecified atom stereocenters. The number of nitrogens with zero attached hydrogens (tertiary/aromatic N) is 1. The smallest absolute Gasteiger partial charge is 0.328 e. The van der Waals surface area contributed by atoms with Crippen molar-refractivity contribution < 1.29 is 33.4 Å². The molecule has 0 radical (unpaired) electrons. The fourth-order valence-electron chi connectivity index (χ4n) is 5.27. The van der Waals surface area contributed by atoms with Crippen molar-refractivity contribution >= 4 is 46.3 Å². The lowest BCUT2D eigenvalue weighted by Gasteiger charge is -2.28. The SMILES string of the molecule is CCOC(=O)C(CCc1ccccc1)NC1CSC(c2cccc3ccccc23)CN(CC(=O)OC(C)OC(=O)C(C)(C)C)C1=O. The third kappa shape index (κ3) is 9.56. The van der Waals surface area contributed by atoms with E-state index in [1.165, 1.54) is 11.8 Å². The fraction of sp³-hybridized carbons (Fsp3) is 0.444. The maximum absolute atomic E-state index is 14.1. The first kappa shape index (κ1) is 35.0. The Morgan fingerprint density at radius 1 is 0.978 bits per heavy atom. The predicted octanol–water partition coefficient (Wildman–Crippen LogP) is 5.46. The molecule has 3 aromatic carbocycles. The van der Waals surface area contributed by atoms with Crippen LogP contribution in [0.25, 0.3) is 10.8 Å². The molecule has 1 saturated heterocycles. The lowest BCUT2D eigenvalue weighted by atomic mass is 9.97. The minimum atomic E-state index is -1.12. The van der Waals surface area contributed by atoms with Crippen LogP contribution in [0.2, 0.25) is 0 Å². The Balaban J connectivity index is 1.57. The standard InChI is InChI=1S/C36H44N2O7S/c1-6-43-34(41)29(20-19-25-13-8-7-9-14-25)37-30-23-46-31(28-18-12-16-26-15-10-11-17-27(26)28)21-38(33(30)40)22-32(39)44-24(2)45-35(42)36(3,4)5/h7-18,24,29-31,37H,6,19-23H2,1-5H3. The quantitative estimate of drug-likeness (QED) is 0.202. The molecule has 9 nitrogen and oxygen atoms in total. The van der Waals surface area contributed by atoms with E-state index in [2.05, 4.69) is 11.4 Å². The summed E-state index contributed by atoms with van der Waals surface area (Å²) in [5.74, 6) is -1.57. The Hall–Kier alpha value is -3.89. The van der Waals surface area contributed by atoms with Crippen molar-refractivity contribution in [3.8, 4) is 0 Å². The third-order valence-corrected chi connectivity index (χ3v) is 9.00. The van der Waals surface area contributed by atoms with Crippen LogP contribution in [0.4, 0.5) is 0 Å². The molecule has 1 heterocycles. The zero-order valence-electron chi connectivity index (χ0n) is 27.2. The summed E-state index contributed by atoms with van der Waals surface area (Å²) in [5, 5.41) is 5.28. The Morgan fingerprint density at radius 2 is 1.67 bits per heavy atom. The molecule has 0 aromatic heterocycles. The lowest BCUT2D eigenvalue weighted by molar-refractivity contribution is -0.191. The van der Waals surface area contributed by atoms with Crippen molar-refractivity contribution in [3.63, 3.8) is 0 Å². The summed E-state index contributed by atoms with van der Waals surface area (Å²) in [5.41, 5.74) is 1.36. The molecule has 0 saturated carbocycles.